The van der Waals surface area contributed by atoms with Gasteiger partial charge >= 0.3 is 18.2 Å². The van der Waals surface area contributed by atoms with Gasteiger partial charge in [0.15, 0.2) is 0 Å². The van der Waals surface area contributed by atoms with Gasteiger partial charge in [0.05, 0.1) is 5.75 Å². The number of rotatable bonds is 12. The van der Waals surface area contributed by atoms with E-state index in [-0.39, 0.29) is 38.5 Å². The molecule has 0 atom stereocenters. The SMILES string of the molecule is CC(C)(C)OC(=O)N(CCCCCC(=O)OCc1ccccc1)N(CCCS(=O)(=O)O)C(=O)OC(C)(C)C. The molecule has 2 amide bonds. The summed E-state index contributed by atoms with van der Waals surface area (Å²) in [6.45, 7) is 10.1. The maximum atomic E-state index is 13.0. The number of ether oxygens (including phenoxy) is 3. The molecule has 0 unspecified atom stereocenters. The normalized spacial score (nSPS) is 12.0. The van der Waals surface area contributed by atoms with Gasteiger partial charge in [-0.05, 0) is 66.4 Å². The van der Waals surface area contributed by atoms with Crippen molar-refractivity contribution in [2.75, 3.05) is 18.8 Å². The van der Waals surface area contributed by atoms with Crippen LogP contribution < -0.4 is 0 Å². The number of hydrogen-bond donors (Lipinski definition) is 1. The minimum Gasteiger partial charge on any atom is -0.461 e. The summed E-state index contributed by atoms with van der Waals surface area (Å²) in [5, 5.41) is 2.08. The van der Waals surface area contributed by atoms with Crippen molar-refractivity contribution >= 4 is 28.3 Å². The van der Waals surface area contributed by atoms with Crippen LogP contribution in [0.1, 0.15) is 79.2 Å². The van der Waals surface area contributed by atoms with Gasteiger partial charge < -0.3 is 14.2 Å². The van der Waals surface area contributed by atoms with Crippen LogP contribution >= 0.6 is 0 Å². The Hall–Kier alpha value is -2.86. The van der Waals surface area contributed by atoms with E-state index in [1.165, 1.54) is 0 Å². The monoisotopic (exact) mass is 558 g/mol. The molecule has 0 aliphatic rings. The van der Waals surface area contributed by atoms with Crippen LogP contribution in [0.15, 0.2) is 30.3 Å². The lowest BCUT2D eigenvalue weighted by Gasteiger charge is -2.36. The Morgan fingerprint density at radius 1 is 0.789 bits per heavy atom. The van der Waals surface area contributed by atoms with Gasteiger partial charge in [0.2, 0.25) is 0 Å². The molecule has 1 rings (SSSR count). The van der Waals surface area contributed by atoms with Crippen molar-refractivity contribution in [3.8, 4) is 0 Å². The quantitative estimate of drug-likeness (QED) is 0.124. The number of amides is 2. The molecule has 12 heteroatoms. The van der Waals surface area contributed by atoms with Gasteiger partial charge in [-0.1, -0.05) is 36.8 Å². The molecule has 1 aromatic carbocycles. The molecule has 1 N–H and O–H groups in total. The van der Waals surface area contributed by atoms with E-state index in [4.69, 9.17) is 18.8 Å². The summed E-state index contributed by atoms with van der Waals surface area (Å²) in [7, 11) is -4.27. The lowest BCUT2D eigenvalue weighted by molar-refractivity contribution is -0.145. The fraction of sp³-hybridized carbons (Fsp3) is 0.654. The van der Waals surface area contributed by atoms with Crippen molar-refractivity contribution in [1.82, 2.24) is 10.0 Å². The second-order valence-corrected chi connectivity index (χ2v) is 12.4. The van der Waals surface area contributed by atoms with Crippen LogP contribution in [0.25, 0.3) is 0 Å². The Bertz CT molecular complexity index is 1000. The second kappa shape index (κ2) is 14.9. The van der Waals surface area contributed by atoms with E-state index < -0.39 is 39.3 Å². The third kappa shape index (κ3) is 15.4. The first kappa shape index (κ1) is 33.2. The molecule has 0 heterocycles. The van der Waals surface area contributed by atoms with E-state index in [1.54, 1.807) is 41.5 Å². The highest BCUT2D eigenvalue weighted by Gasteiger charge is 2.33. The molecule has 11 nitrogen and oxygen atoms in total. The molecule has 216 valence electrons. The summed E-state index contributed by atoms with van der Waals surface area (Å²) >= 11 is 0. The van der Waals surface area contributed by atoms with Crippen molar-refractivity contribution in [1.29, 1.82) is 0 Å². The lowest BCUT2D eigenvalue weighted by atomic mass is 10.2. The Kier molecular flexibility index (Phi) is 13.0. The average molecular weight is 559 g/mol. The highest BCUT2D eigenvalue weighted by Crippen LogP contribution is 2.18. The first-order valence-electron chi connectivity index (χ1n) is 12.6. The van der Waals surface area contributed by atoms with E-state index in [0.29, 0.717) is 19.3 Å². The van der Waals surface area contributed by atoms with Gasteiger partial charge in [0.25, 0.3) is 10.1 Å². The third-order valence-electron chi connectivity index (χ3n) is 4.77. The molecular formula is C26H42N2O9S. The third-order valence-corrected chi connectivity index (χ3v) is 5.57. The van der Waals surface area contributed by atoms with Crippen LogP contribution in [0.4, 0.5) is 9.59 Å². The number of hydrogen-bond acceptors (Lipinski definition) is 8. The number of carbonyl (C=O) groups excluding carboxylic acids is 3. The predicted molar refractivity (Wildman–Crippen MR) is 142 cm³/mol. The lowest BCUT2D eigenvalue weighted by Crippen LogP contribution is -2.53. The predicted octanol–water partition coefficient (Wildman–Crippen LogP) is 4.96. The van der Waals surface area contributed by atoms with Crippen LogP contribution in [0.5, 0.6) is 0 Å². The summed E-state index contributed by atoms with van der Waals surface area (Å²) < 4.78 is 47.7. The van der Waals surface area contributed by atoms with Gasteiger partial charge in [0.1, 0.15) is 17.8 Å². The Morgan fingerprint density at radius 2 is 1.29 bits per heavy atom. The zero-order valence-corrected chi connectivity index (χ0v) is 24.1. The van der Waals surface area contributed by atoms with Crippen LogP contribution in [0.2, 0.25) is 0 Å². The molecule has 0 saturated heterocycles. The van der Waals surface area contributed by atoms with Gasteiger partial charge in [-0.15, -0.1) is 0 Å². The molecule has 0 fully saturated rings. The molecule has 0 saturated carbocycles. The molecule has 1 aromatic rings. The van der Waals surface area contributed by atoms with Gasteiger partial charge in [-0.25, -0.2) is 19.6 Å². The summed E-state index contributed by atoms with van der Waals surface area (Å²) in [5.41, 5.74) is -0.839. The number of unbranched alkanes of at least 4 members (excludes halogenated alkanes) is 2. The first-order valence-corrected chi connectivity index (χ1v) is 14.2. The smallest absolute Gasteiger partial charge is 0.429 e. The molecule has 0 radical (unpaired) electrons. The zero-order chi connectivity index (χ0) is 29.0. The first-order chi connectivity index (χ1) is 17.5. The van der Waals surface area contributed by atoms with Gasteiger partial charge in [-0.3, -0.25) is 9.35 Å². The maximum absolute atomic E-state index is 13.0. The van der Waals surface area contributed by atoms with Gasteiger partial charge in [-0.2, -0.15) is 8.42 Å². The Morgan fingerprint density at radius 3 is 1.76 bits per heavy atom. The largest absolute Gasteiger partial charge is 0.461 e. The molecule has 0 bridgehead atoms. The minimum atomic E-state index is -4.27. The molecular weight excluding hydrogens is 516 g/mol. The van der Waals surface area contributed by atoms with Crippen molar-refractivity contribution in [2.24, 2.45) is 0 Å². The van der Waals surface area contributed by atoms with Crippen LogP contribution in [0.3, 0.4) is 0 Å². The summed E-state index contributed by atoms with van der Waals surface area (Å²) in [6.07, 6.45) is -0.130. The summed E-state index contributed by atoms with van der Waals surface area (Å²) in [5.74, 6) is -0.932. The fourth-order valence-electron chi connectivity index (χ4n) is 3.16. The molecule has 38 heavy (non-hydrogen) atoms. The van der Waals surface area contributed by atoms with E-state index in [1.807, 2.05) is 30.3 Å². The van der Waals surface area contributed by atoms with E-state index in [9.17, 15) is 22.8 Å². The number of carbonyl (C=O) groups is 3. The summed E-state index contributed by atoms with van der Waals surface area (Å²) in [4.78, 5) is 38.1. The van der Waals surface area contributed by atoms with Crippen molar-refractivity contribution in [3.63, 3.8) is 0 Å². The number of hydrazine groups is 1. The molecule has 0 spiro atoms. The minimum absolute atomic E-state index is 0.0547. The summed E-state index contributed by atoms with van der Waals surface area (Å²) in [6, 6.07) is 9.34. The van der Waals surface area contributed by atoms with Crippen LogP contribution in [-0.2, 0) is 35.7 Å². The molecule has 0 aliphatic carbocycles. The fourth-order valence-corrected chi connectivity index (χ4v) is 3.66. The second-order valence-electron chi connectivity index (χ2n) is 10.8. The number of nitrogens with zero attached hydrogens (tertiary/aromatic N) is 2. The highest BCUT2D eigenvalue weighted by molar-refractivity contribution is 7.85. The van der Waals surface area contributed by atoms with E-state index in [2.05, 4.69) is 0 Å². The van der Waals surface area contributed by atoms with Crippen LogP contribution in [0, 0.1) is 0 Å². The number of benzene rings is 1. The van der Waals surface area contributed by atoms with E-state index in [0.717, 1.165) is 15.6 Å². The van der Waals surface area contributed by atoms with Crippen molar-refractivity contribution < 1.29 is 41.6 Å². The Balaban J connectivity index is 2.82. The van der Waals surface area contributed by atoms with Gasteiger partial charge in [0, 0.05) is 19.5 Å². The topological polar surface area (TPSA) is 140 Å². The van der Waals surface area contributed by atoms with Crippen molar-refractivity contribution in [3.05, 3.63) is 35.9 Å². The maximum Gasteiger partial charge on any atom is 0.429 e. The van der Waals surface area contributed by atoms with Crippen molar-refractivity contribution in [2.45, 2.75) is 91.5 Å². The zero-order valence-electron chi connectivity index (χ0n) is 23.3. The van der Waals surface area contributed by atoms with Crippen LogP contribution in [-0.4, -0.2) is 71.2 Å². The number of esters is 1. The Labute approximate surface area is 226 Å². The molecule has 0 aliphatic heterocycles. The van der Waals surface area contributed by atoms with E-state index >= 15 is 0 Å². The highest BCUT2D eigenvalue weighted by atomic mass is 32.2. The standard InChI is InChI=1S/C26H42N2O9S/c1-25(2,3)36-23(30)27(28(18-13-19-38(32,33)34)24(31)37-26(4,5)6)17-12-8-11-16-22(29)35-20-21-14-9-7-10-15-21/h7,9-10,14-15H,8,11-13,16-20H2,1-6H3,(H,32,33,34). The molecule has 0 aromatic heterocycles. The average Bonchev–Trinajstić information content (AvgIpc) is 2.76.